The molecule has 5 aromatic rings. The van der Waals surface area contributed by atoms with Gasteiger partial charge in [0.15, 0.2) is 0 Å². The van der Waals surface area contributed by atoms with E-state index < -0.39 is 11.7 Å². The number of rotatable bonds is 3. The van der Waals surface area contributed by atoms with Gasteiger partial charge in [-0.05, 0) is 83.0 Å². The maximum Gasteiger partial charge on any atom is 0.419 e. The van der Waals surface area contributed by atoms with Crippen molar-refractivity contribution in [1.82, 2.24) is 9.55 Å². The fraction of sp³-hybridized carbons (Fsp3) is 0.300. The van der Waals surface area contributed by atoms with Crippen LogP contribution in [-0.2, 0) is 4.74 Å². The summed E-state index contributed by atoms with van der Waals surface area (Å²) in [5.74, 6) is 1.56. The third-order valence-electron chi connectivity index (χ3n) is 5.93. The highest BCUT2D eigenvalue weighted by Crippen LogP contribution is 2.41. The van der Waals surface area contributed by atoms with E-state index in [4.69, 9.17) is 14.2 Å². The molecule has 6 nitrogen and oxygen atoms in total. The molecule has 0 aliphatic rings. The van der Waals surface area contributed by atoms with E-state index in [1.165, 1.54) is 0 Å². The third kappa shape index (κ3) is 4.28. The monoisotopic (exact) mass is 484 g/mol. The molecule has 0 atom stereocenters. The molecule has 2 heterocycles. The molecule has 0 aliphatic carbocycles. The highest BCUT2D eigenvalue weighted by molar-refractivity contribution is 6.24. The number of nitrogens with zero attached hydrogens (tertiary/aromatic N) is 1. The van der Waals surface area contributed by atoms with E-state index >= 15 is 0 Å². The fourth-order valence-electron chi connectivity index (χ4n) is 4.59. The van der Waals surface area contributed by atoms with Crippen molar-refractivity contribution in [2.45, 2.75) is 52.7 Å². The van der Waals surface area contributed by atoms with Crippen LogP contribution in [0.5, 0.6) is 11.5 Å². The lowest BCUT2D eigenvalue weighted by atomic mass is 9.98. The van der Waals surface area contributed by atoms with Gasteiger partial charge < -0.3 is 19.2 Å². The van der Waals surface area contributed by atoms with Crippen molar-refractivity contribution < 1.29 is 19.0 Å². The summed E-state index contributed by atoms with van der Waals surface area (Å²) in [5.41, 5.74) is 3.66. The predicted molar refractivity (Wildman–Crippen MR) is 145 cm³/mol. The van der Waals surface area contributed by atoms with Gasteiger partial charge in [-0.1, -0.05) is 24.3 Å². The van der Waals surface area contributed by atoms with Gasteiger partial charge in [-0.2, -0.15) is 0 Å². The van der Waals surface area contributed by atoms with Crippen LogP contribution in [0.3, 0.4) is 0 Å². The maximum absolute atomic E-state index is 13.3. The first-order chi connectivity index (χ1) is 16.9. The lowest BCUT2D eigenvalue weighted by Crippen LogP contribution is -2.26. The lowest BCUT2D eigenvalue weighted by Gasteiger charge is -2.21. The van der Waals surface area contributed by atoms with E-state index in [0.717, 1.165) is 55.3 Å². The SMILES string of the molecule is COc1ccc(-c2cc3[nH]c4c(OC(C)(C)C)cccc4c3c3c2ccn3C(=O)OC(C)(C)C)cc1. The molecule has 0 radical (unpaired) electrons. The molecule has 0 saturated carbocycles. The highest BCUT2D eigenvalue weighted by Gasteiger charge is 2.24. The molecule has 0 fully saturated rings. The molecule has 0 spiro atoms. The van der Waals surface area contributed by atoms with Crippen molar-refractivity contribution in [3.05, 3.63) is 60.8 Å². The Morgan fingerprint density at radius 2 is 1.61 bits per heavy atom. The van der Waals surface area contributed by atoms with Gasteiger partial charge in [-0.3, -0.25) is 4.57 Å². The van der Waals surface area contributed by atoms with Crippen molar-refractivity contribution in [3.63, 3.8) is 0 Å². The van der Waals surface area contributed by atoms with Crippen LogP contribution in [0.25, 0.3) is 43.8 Å². The smallest absolute Gasteiger partial charge is 0.419 e. The zero-order valence-corrected chi connectivity index (χ0v) is 21.9. The molecular weight excluding hydrogens is 452 g/mol. The first-order valence-electron chi connectivity index (χ1n) is 12.1. The van der Waals surface area contributed by atoms with Crippen LogP contribution in [0.1, 0.15) is 41.5 Å². The molecule has 186 valence electrons. The zero-order chi connectivity index (χ0) is 25.8. The van der Waals surface area contributed by atoms with E-state index in [-0.39, 0.29) is 5.60 Å². The lowest BCUT2D eigenvalue weighted by molar-refractivity contribution is 0.0544. The summed E-state index contributed by atoms with van der Waals surface area (Å²) in [6, 6.07) is 18.1. The Kier molecular flexibility index (Phi) is 5.51. The standard InChI is InChI=1S/C30H32N2O4/c1-29(2,3)35-24-10-8-9-21-25-23(31-26(21)24)17-22(18-11-13-19(34-7)14-12-18)20-15-16-32(27(20)25)28(33)36-30(4,5)6/h8-17,31H,1-7H3. The summed E-state index contributed by atoms with van der Waals surface area (Å²) >= 11 is 0. The van der Waals surface area contributed by atoms with Crippen LogP contribution in [0.15, 0.2) is 60.8 Å². The summed E-state index contributed by atoms with van der Waals surface area (Å²) < 4.78 is 19.0. The normalized spacial score (nSPS) is 12.4. The van der Waals surface area contributed by atoms with Gasteiger partial charge in [0, 0.05) is 27.9 Å². The summed E-state index contributed by atoms with van der Waals surface area (Å²) in [7, 11) is 1.65. The Morgan fingerprint density at radius 3 is 2.25 bits per heavy atom. The second-order valence-corrected chi connectivity index (χ2v) is 11.0. The van der Waals surface area contributed by atoms with Gasteiger partial charge in [0.2, 0.25) is 0 Å². The summed E-state index contributed by atoms with van der Waals surface area (Å²) in [6.07, 6.45) is 1.38. The molecule has 3 aromatic carbocycles. The van der Waals surface area contributed by atoms with Crippen molar-refractivity contribution in [1.29, 1.82) is 0 Å². The number of fused-ring (bicyclic) bond motifs is 5. The summed E-state index contributed by atoms with van der Waals surface area (Å²) in [4.78, 5) is 16.9. The molecular formula is C30H32N2O4. The number of aromatic amines is 1. The molecule has 0 unspecified atom stereocenters. The molecule has 2 aromatic heterocycles. The molecule has 36 heavy (non-hydrogen) atoms. The average molecular weight is 485 g/mol. The van der Waals surface area contributed by atoms with Crippen LogP contribution in [0.4, 0.5) is 4.79 Å². The van der Waals surface area contributed by atoms with Crippen LogP contribution in [-0.4, -0.2) is 34.0 Å². The summed E-state index contributed by atoms with van der Waals surface area (Å²) in [5, 5.41) is 2.90. The molecule has 0 bridgehead atoms. The van der Waals surface area contributed by atoms with E-state index in [1.54, 1.807) is 17.9 Å². The second kappa shape index (κ2) is 8.33. The number of carbonyl (C=O) groups excluding carboxylic acids is 1. The largest absolute Gasteiger partial charge is 0.497 e. The zero-order valence-electron chi connectivity index (χ0n) is 21.9. The number of H-pyrrole nitrogens is 1. The number of carbonyl (C=O) groups is 1. The predicted octanol–water partition coefficient (Wildman–Crippen LogP) is 7.91. The average Bonchev–Trinajstić information content (AvgIpc) is 3.38. The van der Waals surface area contributed by atoms with Crippen LogP contribution < -0.4 is 9.47 Å². The van der Waals surface area contributed by atoms with E-state index in [0.29, 0.717) is 0 Å². The van der Waals surface area contributed by atoms with Gasteiger partial charge >= 0.3 is 6.09 Å². The van der Waals surface area contributed by atoms with E-state index in [9.17, 15) is 4.79 Å². The van der Waals surface area contributed by atoms with Crippen LogP contribution >= 0.6 is 0 Å². The number of aromatic nitrogens is 2. The molecule has 5 rings (SSSR count). The van der Waals surface area contributed by atoms with Crippen molar-refractivity contribution in [2.75, 3.05) is 7.11 Å². The highest BCUT2D eigenvalue weighted by atomic mass is 16.6. The van der Waals surface area contributed by atoms with E-state index in [2.05, 4.69) is 17.1 Å². The minimum absolute atomic E-state index is 0.355. The first kappa shape index (κ1) is 23.8. The maximum atomic E-state index is 13.3. The van der Waals surface area contributed by atoms with Gasteiger partial charge in [-0.15, -0.1) is 0 Å². The third-order valence-corrected chi connectivity index (χ3v) is 5.93. The van der Waals surface area contributed by atoms with Crippen molar-refractivity contribution >= 4 is 38.8 Å². The Labute approximate surface area is 210 Å². The molecule has 0 aliphatic heterocycles. The molecule has 0 saturated heterocycles. The number of para-hydroxylation sites is 1. The summed E-state index contributed by atoms with van der Waals surface area (Å²) in [6.45, 7) is 11.7. The van der Waals surface area contributed by atoms with Gasteiger partial charge in [-0.25, -0.2) is 4.79 Å². The molecule has 0 amide bonds. The minimum atomic E-state index is -0.617. The number of nitrogens with one attached hydrogen (secondary N) is 1. The Morgan fingerprint density at radius 1 is 0.889 bits per heavy atom. The second-order valence-electron chi connectivity index (χ2n) is 11.0. The Hall–Kier alpha value is -3.93. The van der Waals surface area contributed by atoms with E-state index in [1.807, 2.05) is 84.0 Å². The molecule has 6 heteroatoms. The Bertz CT molecular complexity index is 1590. The van der Waals surface area contributed by atoms with Crippen LogP contribution in [0.2, 0.25) is 0 Å². The van der Waals surface area contributed by atoms with Crippen LogP contribution in [0, 0.1) is 0 Å². The van der Waals surface area contributed by atoms with Crippen molar-refractivity contribution in [2.24, 2.45) is 0 Å². The number of hydrogen-bond donors (Lipinski definition) is 1. The number of methoxy groups -OCH3 is 1. The quantitative estimate of drug-likeness (QED) is 0.283. The first-order valence-corrected chi connectivity index (χ1v) is 12.1. The van der Waals surface area contributed by atoms with Gasteiger partial charge in [0.05, 0.1) is 18.1 Å². The number of benzene rings is 3. The number of hydrogen-bond acceptors (Lipinski definition) is 4. The Balaban J connectivity index is 1.85. The fourth-order valence-corrected chi connectivity index (χ4v) is 4.59. The number of ether oxygens (including phenoxy) is 3. The van der Waals surface area contributed by atoms with Gasteiger partial charge in [0.25, 0.3) is 0 Å². The minimum Gasteiger partial charge on any atom is -0.497 e. The van der Waals surface area contributed by atoms with Crippen molar-refractivity contribution in [3.8, 4) is 22.6 Å². The topological polar surface area (TPSA) is 65.5 Å². The molecule has 1 N–H and O–H groups in total. The van der Waals surface area contributed by atoms with Gasteiger partial charge in [0.1, 0.15) is 22.7 Å².